The molecule has 2 aromatic rings. The monoisotopic (exact) mass is 330 g/mol. The normalized spacial score (nSPS) is 11.3. The van der Waals surface area contributed by atoms with Crippen molar-refractivity contribution in [2.75, 3.05) is 0 Å². The predicted molar refractivity (Wildman–Crippen MR) is 80.0 cm³/mol. The van der Waals surface area contributed by atoms with Gasteiger partial charge < -0.3 is 4.74 Å². The molecule has 3 nitrogen and oxygen atoms in total. The third-order valence-electron chi connectivity index (χ3n) is 2.73. The summed E-state index contributed by atoms with van der Waals surface area (Å²) >= 11 is 5.80. The Kier molecular flexibility index (Phi) is 4.58. The maximum Gasteiger partial charge on any atom is 0.261 e. The Balaban J connectivity index is 2.11. The molecule has 0 amide bonds. The first-order valence-corrected chi connectivity index (χ1v) is 8.47. The fourth-order valence-electron chi connectivity index (χ4n) is 1.73. The topological polar surface area (TPSA) is 43.4 Å². The van der Waals surface area contributed by atoms with E-state index in [1.807, 2.05) is 12.1 Å². The first kappa shape index (κ1) is 15.2. The van der Waals surface area contributed by atoms with Crippen molar-refractivity contribution in [3.63, 3.8) is 0 Å². The number of hydrogen-bond acceptors (Lipinski definition) is 3. The molecule has 0 aliphatic carbocycles. The van der Waals surface area contributed by atoms with E-state index in [4.69, 9.17) is 27.0 Å². The summed E-state index contributed by atoms with van der Waals surface area (Å²) < 4.78 is 28.2. The second kappa shape index (κ2) is 6.04. The summed E-state index contributed by atoms with van der Waals surface area (Å²) in [6, 6.07) is 12.0. The Labute approximate surface area is 127 Å². The Morgan fingerprint density at radius 1 is 1.10 bits per heavy atom. The Hall–Kier alpha value is -1.23. The van der Waals surface area contributed by atoms with E-state index in [1.54, 1.807) is 31.2 Å². The van der Waals surface area contributed by atoms with Crippen LogP contribution in [-0.4, -0.2) is 8.42 Å². The molecule has 0 spiro atoms. The molecular weight excluding hydrogens is 319 g/mol. The van der Waals surface area contributed by atoms with E-state index in [2.05, 4.69) is 0 Å². The van der Waals surface area contributed by atoms with Crippen LogP contribution in [0.4, 0.5) is 0 Å². The van der Waals surface area contributed by atoms with Crippen molar-refractivity contribution in [2.45, 2.75) is 18.4 Å². The standard InChI is InChI=1S/C14H12Cl2O3S/c1-10-8-13(6-7-14(10)20(16,17)18)19-9-11-2-4-12(15)5-3-11/h2-8H,9H2,1H3. The highest BCUT2D eigenvalue weighted by atomic mass is 35.7. The Morgan fingerprint density at radius 3 is 2.30 bits per heavy atom. The fourth-order valence-corrected chi connectivity index (χ4v) is 3.05. The van der Waals surface area contributed by atoms with Crippen molar-refractivity contribution in [1.82, 2.24) is 0 Å². The molecular formula is C14H12Cl2O3S. The summed E-state index contributed by atoms with van der Waals surface area (Å²) in [5.74, 6) is 0.585. The van der Waals surface area contributed by atoms with E-state index in [0.29, 0.717) is 22.9 Å². The first-order valence-electron chi connectivity index (χ1n) is 5.79. The van der Waals surface area contributed by atoms with E-state index in [0.717, 1.165) is 5.56 Å². The van der Waals surface area contributed by atoms with Gasteiger partial charge in [-0.05, 0) is 48.4 Å². The van der Waals surface area contributed by atoms with Crippen LogP contribution < -0.4 is 4.74 Å². The van der Waals surface area contributed by atoms with Crippen LogP contribution in [0.15, 0.2) is 47.4 Å². The minimum atomic E-state index is -3.72. The minimum Gasteiger partial charge on any atom is -0.489 e. The maximum absolute atomic E-state index is 11.3. The lowest BCUT2D eigenvalue weighted by atomic mass is 10.2. The molecule has 0 aromatic heterocycles. The average molecular weight is 331 g/mol. The number of hydrogen-bond donors (Lipinski definition) is 0. The second-order valence-corrected chi connectivity index (χ2v) is 7.25. The smallest absolute Gasteiger partial charge is 0.261 e. The van der Waals surface area contributed by atoms with Crippen LogP contribution in [0.5, 0.6) is 5.75 Å². The van der Waals surface area contributed by atoms with Gasteiger partial charge in [0, 0.05) is 15.7 Å². The molecule has 0 heterocycles. The van der Waals surface area contributed by atoms with Crippen molar-refractivity contribution in [2.24, 2.45) is 0 Å². The number of benzene rings is 2. The highest BCUT2D eigenvalue weighted by Crippen LogP contribution is 2.24. The molecule has 0 aliphatic heterocycles. The highest BCUT2D eigenvalue weighted by Gasteiger charge is 2.13. The van der Waals surface area contributed by atoms with Crippen molar-refractivity contribution in [1.29, 1.82) is 0 Å². The summed E-state index contributed by atoms with van der Waals surface area (Å²) in [6.45, 7) is 2.05. The first-order chi connectivity index (χ1) is 9.36. The Morgan fingerprint density at radius 2 is 1.75 bits per heavy atom. The van der Waals surface area contributed by atoms with Gasteiger partial charge in [0.25, 0.3) is 9.05 Å². The van der Waals surface area contributed by atoms with E-state index in [1.165, 1.54) is 6.07 Å². The lowest BCUT2D eigenvalue weighted by Gasteiger charge is -2.09. The van der Waals surface area contributed by atoms with Crippen LogP contribution in [0.1, 0.15) is 11.1 Å². The molecule has 20 heavy (non-hydrogen) atoms. The minimum absolute atomic E-state index is 0.0954. The molecule has 0 fully saturated rings. The van der Waals surface area contributed by atoms with Crippen LogP contribution >= 0.6 is 22.3 Å². The number of aryl methyl sites for hydroxylation is 1. The molecule has 0 bridgehead atoms. The van der Waals surface area contributed by atoms with Crippen LogP contribution in [0, 0.1) is 6.92 Å². The molecule has 0 unspecified atom stereocenters. The zero-order valence-corrected chi connectivity index (χ0v) is 13.0. The van der Waals surface area contributed by atoms with Gasteiger partial charge in [-0.3, -0.25) is 0 Å². The second-order valence-electron chi connectivity index (χ2n) is 4.28. The lowest BCUT2D eigenvalue weighted by Crippen LogP contribution is -1.98. The number of rotatable bonds is 4. The largest absolute Gasteiger partial charge is 0.489 e. The summed E-state index contributed by atoms with van der Waals surface area (Å²) in [6.07, 6.45) is 0. The van der Waals surface area contributed by atoms with Crippen LogP contribution in [0.3, 0.4) is 0 Å². The van der Waals surface area contributed by atoms with Gasteiger partial charge in [0.15, 0.2) is 0 Å². The van der Waals surface area contributed by atoms with Crippen molar-refractivity contribution < 1.29 is 13.2 Å². The van der Waals surface area contributed by atoms with Crippen LogP contribution in [0.2, 0.25) is 5.02 Å². The van der Waals surface area contributed by atoms with E-state index >= 15 is 0 Å². The molecule has 6 heteroatoms. The number of ether oxygens (including phenoxy) is 1. The lowest BCUT2D eigenvalue weighted by molar-refractivity contribution is 0.306. The van der Waals surface area contributed by atoms with Gasteiger partial charge >= 0.3 is 0 Å². The third kappa shape index (κ3) is 3.88. The summed E-state index contributed by atoms with van der Waals surface area (Å²) in [7, 11) is 1.60. The molecule has 0 saturated carbocycles. The maximum atomic E-state index is 11.3. The third-order valence-corrected chi connectivity index (χ3v) is 4.46. The molecule has 0 radical (unpaired) electrons. The molecule has 106 valence electrons. The van der Waals surface area contributed by atoms with Crippen molar-refractivity contribution in [3.8, 4) is 5.75 Å². The van der Waals surface area contributed by atoms with Crippen molar-refractivity contribution in [3.05, 3.63) is 58.6 Å². The molecule has 0 N–H and O–H groups in total. The molecule has 0 aliphatic rings. The Bertz CT molecular complexity index is 710. The summed E-state index contributed by atoms with van der Waals surface area (Å²) in [4.78, 5) is 0.0954. The van der Waals surface area contributed by atoms with Gasteiger partial charge in [-0.15, -0.1) is 0 Å². The molecule has 0 saturated heterocycles. The zero-order chi connectivity index (χ0) is 14.8. The molecule has 2 rings (SSSR count). The molecule has 2 aromatic carbocycles. The van der Waals surface area contributed by atoms with Gasteiger partial charge in [0.2, 0.25) is 0 Å². The molecule has 0 atom stereocenters. The average Bonchev–Trinajstić information content (AvgIpc) is 2.36. The van der Waals surface area contributed by atoms with E-state index < -0.39 is 9.05 Å². The van der Waals surface area contributed by atoms with Crippen LogP contribution in [-0.2, 0) is 15.7 Å². The van der Waals surface area contributed by atoms with Gasteiger partial charge in [0.05, 0.1) is 4.90 Å². The van der Waals surface area contributed by atoms with Gasteiger partial charge in [-0.1, -0.05) is 23.7 Å². The fraction of sp³-hybridized carbons (Fsp3) is 0.143. The SMILES string of the molecule is Cc1cc(OCc2ccc(Cl)cc2)ccc1S(=O)(=O)Cl. The van der Waals surface area contributed by atoms with Crippen LogP contribution in [0.25, 0.3) is 0 Å². The van der Waals surface area contributed by atoms with Gasteiger partial charge in [-0.25, -0.2) is 8.42 Å². The van der Waals surface area contributed by atoms with Gasteiger partial charge in [0.1, 0.15) is 12.4 Å². The quantitative estimate of drug-likeness (QED) is 0.790. The van der Waals surface area contributed by atoms with E-state index in [-0.39, 0.29) is 4.90 Å². The zero-order valence-electron chi connectivity index (χ0n) is 10.6. The van der Waals surface area contributed by atoms with E-state index in [9.17, 15) is 8.42 Å². The highest BCUT2D eigenvalue weighted by molar-refractivity contribution is 8.13. The van der Waals surface area contributed by atoms with Gasteiger partial charge in [-0.2, -0.15) is 0 Å². The summed E-state index contributed by atoms with van der Waals surface area (Å²) in [5.41, 5.74) is 1.52. The summed E-state index contributed by atoms with van der Waals surface area (Å²) in [5, 5.41) is 0.668. The number of halogens is 2. The predicted octanol–water partition coefficient (Wildman–Crippen LogP) is 4.15. The van der Waals surface area contributed by atoms with Crippen molar-refractivity contribution >= 4 is 31.3 Å².